The summed E-state index contributed by atoms with van der Waals surface area (Å²) in [5.74, 6) is -0.251. The normalized spacial score (nSPS) is 12.7. The Balaban J connectivity index is 2.32. The Bertz CT molecular complexity index is 469. The highest BCUT2D eigenvalue weighted by molar-refractivity contribution is 9.10. The van der Waals surface area contributed by atoms with Crippen LogP contribution in [0, 0.1) is 5.82 Å². The van der Waals surface area contributed by atoms with Crippen molar-refractivity contribution in [1.82, 2.24) is 0 Å². The van der Waals surface area contributed by atoms with Gasteiger partial charge >= 0.3 is 0 Å². The molecule has 0 aliphatic rings. The summed E-state index contributed by atoms with van der Waals surface area (Å²) in [6.07, 6.45) is 0. The molecule has 0 bridgehead atoms. The molecular formula is C11H9BrFNS. The van der Waals surface area contributed by atoms with Crippen LogP contribution in [-0.4, -0.2) is 0 Å². The van der Waals surface area contributed by atoms with E-state index in [9.17, 15) is 4.39 Å². The minimum absolute atomic E-state index is 0.251. The first-order chi connectivity index (χ1) is 7.16. The van der Waals surface area contributed by atoms with Gasteiger partial charge < -0.3 is 5.73 Å². The number of rotatable bonds is 2. The van der Waals surface area contributed by atoms with Crippen LogP contribution in [0.15, 0.2) is 40.2 Å². The third-order valence-corrected chi connectivity index (χ3v) is 3.88. The first-order valence-electron chi connectivity index (χ1n) is 4.42. The van der Waals surface area contributed by atoms with E-state index in [-0.39, 0.29) is 11.9 Å². The van der Waals surface area contributed by atoms with Crippen LogP contribution in [0.1, 0.15) is 16.5 Å². The van der Waals surface area contributed by atoms with Crippen LogP contribution in [0.4, 0.5) is 4.39 Å². The van der Waals surface area contributed by atoms with Gasteiger partial charge in [-0.3, -0.25) is 0 Å². The summed E-state index contributed by atoms with van der Waals surface area (Å²) in [4.78, 5) is 1.02. The van der Waals surface area contributed by atoms with Crippen LogP contribution in [0.2, 0.25) is 0 Å². The van der Waals surface area contributed by atoms with Crippen LogP contribution in [0.25, 0.3) is 0 Å². The summed E-state index contributed by atoms with van der Waals surface area (Å²) >= 11 is 4.93. The topological polar surface area (TPSA) is 26.0 Å². The van der Waals surface area contributed by atoms with Crippen LogP contribution >= 0.6 is 27.3 Å². The molecule has 0 radical (unpaired) electrons. The number of hydrogen-bond donors (Lipinski definition) is 1. The summed E-state index contributed by atoms with van der Waals surface area (Å²) < 4.78 is 14.0. The SMILES string of the molecule is NC(c1cccc(F)c1)c1cc(Br)cs1. The molecule has 1 atom stereocenters. The summed E-state index contributed by atoms with van der Waals surface area (Å²) in [7, 11) is 0. The van der Waals surface area contributed by atoms with Crippen molar-refractivity contribution in [1.29, 1.82) is 0 Å². The van der Waals surface area contributed by atoms with Gasteiger partial charge in [-0.25, -0.2) is 4.39 Å². The molecule has 1 aromatic carbocycles. The number of hydrogen-bond acceptors (Lipinski definition) is 2. The molecule has 0 saturated heterocycles. The van der Waals surface area contributed by atoms with Crippen LogP contribution in [0.3, 0.4) is 0 Å². The zero-order valence-corrected chi connectivity index (χ0v) is 10.2. The average molecular weight is 286 g/mol. The molecule has 0 spiro atoms. The van der Waals surface area contributed by atoms with E-state index >= 15 is 0 Å². The van der Waals surface area contributed by atoms with Gasteiger partial charge in [-0.2, -0.15) is 0 Å². The second kappa shape index (κ2) is 4.43. The number of benzene rings is 1. The van der Waals surface area contributed by atoms with Crippen molar-refractivity contribution in [3.63, 3.8) is 0 Å². The van der Waals surface area contributed by atoms with Gasteiger partial charge in [0.05, 0.1) is 6.04 Å². The molecule has 1 unspecified atom stereocenters. The molecule has 0 amide bonds. The molecule has 15 heavy (non-hydrogen) atoms. The molecule has 0 saturated carbocycles. The highest BCUT2D eigenvalue weighted by Gasteiger charge is 2.11. The standard InChI is InChI=1S/C11H9BrFNS/c12-8-5-10(15-6-8)11(14)7-2-1-3-9(13)4-7/h1-6,11H,14H2. The molecule has 4 heteroatoms. The second-order valence-electron chi connectivity index (χ2n) is 3.20. The van der Waals surface area contributed by atoms with Gasteiger partial charge in [0.1, 0.15) is 5.82 Å². The van der Waals surface area contributed by atoms with Gasteiger partial charge in [-0.1, -0.05) is 12.1 Å². The van der Waals surface area contributed by atoms with E-state index in [1.807, 2.05) is 17.5 Å². The molecule has 0 fully saturated rings. The first-order valence-corrected chi connectivity index (χ1v) is 6.09. The lowest BCUT2D eigenvalue weighted by atomic mass is 10.1. The quantitative estimate of drug-likeness (QED) is 0.895. The van der Waals surface area contributed by atoms with Gasteiger partial charge in [0, 0.05) is 14.7 Å². The molecule has 1 nitrogen and oxygen atoms in total. The molecule has 1 heterocycles. The second-order valence-corrected chi connectivity index (χ2v) is 5.06. The molecule has 2 rings (SSSR count). The Morgan fingerprint density at radius 3 is 2.73 bits per heavy atom. The Hall–Kier alpha value is -0.710. The van der Waals surface area contributed by atoms with Gasteiger partial charge in [0.2, 0.25) is 0 Å². The van der Waals surface area contributed by atoms with E-state index in [0.29, 0.717) is 0 Å². The first kappa shape index (κ1) is 10.8. The largest absolute Gasteiger partial charge is 0.320 e. The molecule has 1 aromatic heterocycles. The molecular weight excluding hydrogens is 277 g/mol. The maximum atomic E-state index is 13.0. The number of halogens is 2. The Labute approximate surface area is 99.9 Å². The Kier molecular flexibility index (Phi) is 3.19. The van der Waals surface area contributed by atoms with Gasteiger partial charge in [-0.15, -0.1) is 11.3 Å². The van der Waals surface area contributed by atoms with Crippen molar-refractivity contribution in [2.75, 3.05) is 0 Å². The van der Waals surface area contributed by atoms with E-state index in [2.05, 4.69) is 15.9 Å². The van der Waals surface area contributed by atoms with Crippen molar-refractivity contribution < 1.29 is 4.39 Å². The molecule has 2 aromatic rings. The predicted molar refractivity (Wildman–Crippen MR) is 64.4 cm³/mol. The fraction of sp³-hybridized carbons (Fsp3) is 0.0909. The van der Waals surface area contributed by atoms with Crippen LogP contribution in [-0.2, 0) is 0 Å². The van der Waals surface area contributed by atoms with Crippen LogP contribution in [0.5, 0.6) is 0 Å². The third-order valence-electron chi connectivity index (χ3n) is 2.10. The number of nitrogens with two attached hydrogens (primary N) is 1. The lowest BCUT2D eigenvalue weighted by Gasteiger charge is -2.09. The van der Waals surface area contributed by atoms with E-state index in [4.69, 9.17) is 5.73 Å². The predicted octanol–water partition coefficient (Wildman–Crippen LogP) is 3.70. The third kappa shape index (κ3) is 2.45. The Morgan fingerprint density at radius 1 is 1.33 bits per heavy atom. The van der Waals surface area contributed by atoms with Gasteiger partial charge in [-0.05, 0) is 39.7 Å². The fourth-order valence-corrected chi connectivity index (χ4v) is 2.83. The highest BCUT2D eigenvalue weighted by Crippen LogP contribution is 2.28. The van der Waals surface area contributed by atoms with Crippen molar-refractivity contribution in [2.45, 2.75) is 6.04 Å². The molecule has 0 aliphatic carbocycles. The maximum absolute atomic E-state index is 13.0. The average Bonchev–Trinajstić information content (AvgIpc) is 2.64. The minimum Gasteiger partial charge on any atom is -0.320 e. The van der Waals surface area contributed by atoms with E-state index in [1.54, 1.807) is 17.4 Å². The summed E-state index contributed by atoms with van der Waals surface area (Å²) in [6.45, 7) is 0. The molecule has 78 valence electrons. The minimum atomic E-state index is -0.253. The van der Waals surface area contributed by atoms with Gasteiger partial charge in [0.15, 0.2) is 0 Å². The lowest BCUT2D eigenvalue weighted by molar-refractivity contribution is 0.624. The zero-order chi connectivity index (χ0) is 10.8. The van der Waals surface area contributed by atoms with Crippen molar-refractivity contribution in [3.05, 3.63) is 56.4 Å². The van der Waals surface area contributed by atoms with Gasteiger partial charge in [0.25, 0.3) is 0 Å². The van der Waals surface area contributed by atoms with Crippen molar-refractivity contribution in [3.8, 4) is 0 Å². The van der Waals surface area contributed by atoms with Crippen LogP contribution < -0.4 is 5.73 Å². The monoisotopic (exact) mass is 285 g/mol. The fourth-order valence-electron chi connectivity index (χ4n) is 1.36. The van der Waals surface area contributed by atoms with Crippen molar-refractivity contribution >= 4 is 27.3 Å². The molecule has 0 aliphatic heterocycles. The summed E-state index contributed by atoms with van der Waals surface area (Å²) in [5, 5.41) is 1.97. The summed E-state index contributed by atoms with van der Waals surface area (Å²) in [6, 6.07) is 8.10. The number of thiophene rings is 1. The highest BCUT2D eigenvalue weighted by atomic mass is 79.9. The van der Waals surface area contributed by atoms with E-state index in [1.165, 1.54) is 12.1 Å². The Morgan fingerprint density at radius 2 is 2.13 bits per heavy atom. The van der Waals surface area contributed by atoms with E-state index < -0.39 is 0 Å². The zero-order valence-electron chi connectivity index (χ0n) is 7.78. The molecule has 2 N–H and O–H groups in total. The van der Waals surface area contributed by atoms with E-state index in [0.717, 1.165) is 14.9 Å². The lowest BCUT2D eigenvalue weighted by Crippen LogP contribution is -2.10. The summed E-state index contributed by atoms with van der Waals surface area (Å²) in [5.41, 5.74) is 6.82. The maximum Gasteiger partial charge on any atom is 0.123 e. The smallest absolute Gasteiger partial charge is 0.123 e. The van der Waals surface area contributed by atoms with Crippen molar-refractivity contribution in [2.24, 2.45) is 5.73 Å².